The van der Waals surface area contributed by atoms with Crippen LogP contribution in [-0.4, -0.2) is 33.6 Å². The molecule has 0 unspecified atom stereocenters. The smallest absolute Gasteiger partial charge is 0.249 e. The highest BCUT2D eigenvalue weighted by Crippen LogP contribution is 2.35. The van der Waals surface area contributed by atoms with E-state index >= 15 is 0 Å². The van der Waals surface area contributed by atoms with Crippen LogP contribution < -0.4 is 16.0 Å². The molecule has 38 heavy (non-hydrogen) atoms. The van der Waals surface area contributed by atoms with E-state index in [4.69, 9.17) is 5.73 Å². The quantitative estimate of drug-likeness (QED) is 0.333. The molecule has 0 saturated carbocycles. The third-order valence-electron chi connectivity index (χ3n) is 6.85. The summed E-state index contributed by atoms with van der Waals surface area (Å²) in [5, 5.41) is 10.2. The fourth-order valence-electron chi connectivity index (χ4n) is 5.12. The number of aryl methyl sites for hydroxylation is 1. The van der Waals surface area contributed by atoms with Crippen LogP contribution in [0.5, 0.6) is 0 Å². The van der Waals surface area contributed by atoms with E-state index in [-0.39, 0.29) is 18.2 Å². The number of aromatic amines is 1. The molecule has 0 radical (unpaired) electrons. The van der Waals surface area contributed by atoms with Crippen molar-refractivity contribution in [2.24, 2.45) is 5.73 Å². The lowest BCUT2D eigenvalue weighted by atomic mass is 9.93. The number of nitrogens with one attached hydrogen (secondary N) is 2. The molecular formula is C31H33N5O2. The van der Waals surface area contributed by atoms with Crippen LogP contribution in [0.2, 0.25) is 0 Å². The van der Waals surface area contributed by atoms with Gasteiger partial charge in [0.1, 0.15) is 6.04 Å². The van der Waals surface area contributed by atoms with E-state index < -0.39 is 11.6 Å². The molecule has 194 valence electrons. The van der Waals surface area contributed by atoms with E-state index in [2.05, 4.69) is 45.8 Å². The monoisotopic (exact) mass is 507 g/mol. The first-order valence-corrected chi connectivity index (χ1v) is 12.9. The van der Waals surface area contributed by atoms with E-state index in [0.29, 0.717) is 19.4 Å². The standard InChI is InChI=1S/C31H33N5O2/c1-31(2,32)19-29(37)34-27-16-15-21-9-4-8-14-28(21)36(30(27)38)20-22-10-3-5-11-23(22)24-12-6-7-13-25(24)26-17-18-33-35-26/h3-14,17-18,27H,15-16,19-20,32H2,1-2H3,(H,33,35)(H,34,37)/t27-/m1/s1. The predicted molar refractivity (Wildman–Crippen MR) is 150 cm³/mol. The zero-order valence-corrected chi connectivity index (χ0v) is 21.8. The zero-order chi connectivity index (χ0) is 26.7. The number of amides is 2. The number of carbonyl (C=O) groups is 2. The molecule has 4 N–H and O–H groups in total. The van der Waals surface area contributed by atoms with Crippen molar-refractivity contribution in [1.82, 2.24) is 15.5 Å². The minimum atomic E-state index is -0.651. The maximum Gasteiger partial charge on any atom is 0.249 e. The predicted octanol–water partition coefficient (Wildman–Crippen LogP) is 4.84. The van der Waals surface area contributed by atoms with Gasteiger partial charge in [0.2, 0.25) is 11.8 Å². The molecule has 5 rings (SSSR count). The summed E-state index contributed by atoms with van der Waals surface area (Å²) in [5.41, 5.74) is 12.5. The number of nitrogens with two attached hydrogens (primary N) is 1. The third-order valence-corrected chi connectivity index (χ3v) is 6.85. The number of anilines is 1. The van der Waals surface area contributed by atoms with Gasteiger partial charge in [-0.15, -0.1) is 0 Å². The normalized spacial score (nSPS) is 15.6. The molecule has 1 aliphatic rings. The summed E-state index contributed by atoms with van der Waals surface area (Å²) in [4.78, 5) is 28.5. The molecule has 0 bridgehead atoms. The molecular weight excluding hydrogens is 474 g/mol. The Morgan fingerprint density at radius 2 is 1.68 bits per heavy atom. The second-order valence-corrected chi connectivity index (χ2v) is 10.6. The van der Waals surface area contributed by atoms with E-state index in [1.807, 2.05) is 67.3 Å². The molecule has 0 spiro atoms. The molecule has 7 heteroatoms. The number of H-pyrrole nitrogens is 1. The Kier molecular flexibility index (Phi) is 7.11. The summed E-state index contributed by atoms with van der Waals surface area (Å²) in [6.07, 6.45) is 3.12. The fraction of sp³-hybridized carbons (Fsp3) is 0.258. The maximum atomic E-state index is 14.0. The molecule has 4 aromatic rings. The molecule has 2 amide bonds. The second-order valence-electron chi connectivity index (χ2n) is 10.6. The topological polar surface area (TPSA) is 104 Å². The number of hydrogen-bond acceptors (Lipinski definition) is 4. The van der Waals surface area contributed by atoms with Crippen LogP contribution in [0, 0.1) is 0 Å². The second kappa shape index (κ2) is 10.6. The molecule has 2 heterocycles. The largest absolute Gasteiger partial charge is 0.344 e. The Labute approximate surface area is 223 Å². The summed E-state index contributed by atoms with van der Waals surface area (Å²) >= 11 is 0. The fourth-order valence-corrected chi connectivity index (χ4v) is 5.12. The van der Waals surface area contributed by atoms with E-state index in [0.717, 1.165) is 39.2 Å². The molecule has 3 aromatic carbocycles. The van der Waals surface area contributed by atoms with E-state index in [1.54, 1.807) is 6.20 Å². The summed E-state index contributed by atoms with van der Waals surface area (Å²) in [5.74, 6) is -0.328. The van der Waals surface area contributed by atoms with Gasteiger partial charge in [-0.3, -0.25) is 14.7 Å². The van der Waals surface area contributed by atoms with Gasteiger partial charge in [0.25, 0.3) is 0 Å². The number of fused-ring (bicyclic) bond motifs is 1. The molecule has 0 saturated heterocycles. The van der Waals surface area contributed by atoms with Gasteiger partial charge in [-0.1, -0.05) is 66.7 Å². The van der Waals surface area contributed by atoms with Crippen molar-refractivity contribution in [1.29, 1.82) is 0 Å². The van der Waals surface area contributed by atoms with Gasteiger partial charge in [-0.05, 0) is 61.1 Å². The van der Waals surface area contributed by atoms with Crippen LogP contribution in [0.4, 0.5) is 5.69 Å². The van der Waals surface area contributed by atoms with Gasteiger partial charge in [-0.25, -0.2) is 0 Å². The number of carbonyl (C=O) groups excluding carboxylic acids is 2. The Bertz CT molecular complexity index is 1440. The molecule has 0 fully saturated rings. The van der Waals surface area contributed by atoms with Crippen LogP contribution in [0.25, 0.3) is 22.4 Å². The van der Waals surface area contributed by atoms with Crippen molar-refractivity contribution in [3.05, 3.63) is 96.2 Å². The summed E-state index contributed by atoms with van der Waals surface area (Å²) < 4.78 is 0. The van der Waals surface area contributed by atoms with E-state index in [9.17, 15) is 9.59 Å². The molecule has 1 atom stereocenters. The van der Waals surface area contributed by atoms with Crippen molar-refractivity contribution < 1.29 is 9.59 Å². The molecule has 1 aliphatic heterocycles. The number of nitrogens with zero attached hydrogens (tertiary/aromatic N) is 2. The van der Waals surface area contributed by atoms with Crippen molar-refractivity contribution in [3.63, 3.8) is 0 Å². The number of benzene rings is 3. The average Bonchev–Trinajstić information content (AvgIpc) is 3.40. The van der Waals surface area contributed by atoms with Crippen molar-refractivity contribution in [3.8, 4) is 22.4 Å². The number of rotatable bonds is 7. The first-order chi connectivity index (χ1) is 18.3. The van der Waals surface area contributed by atoms with Crippen LogP contribution >= 0.6 is 0 Å². The Morgan fingerprint density at radius 1 is 1.00 bits per heavy atom. The van der Waals surface area contributed by atoms with Gasteiger partial charge in [0.15, 0.2) is 0 Å². The summed E-state index contributed by atoms with van der Waals surface area (Å²) in [6, 6.07) is 25.6. The highest BCUT2D eigenvalue weighted by Gasteiger charge is 2.32. The van der Waals surface area contributed by atoms with Gasteiger partial charge in [0, 0.05) is 29.4 Å². The third kappa shape index (κ3) is 5.53. The molecule has 7 nitrogen and oxygen atoms in total. The van der Waals surface area contributed by atoms with Gasteiger partial charge in [0.05, 0.1) is 12.2 Å². The Hall–Kier alpha value is -4.23. The lowest BCUT2D eigenvalue weighted by Crippen LogP contribution is -2.49. The van der Waals surface area contributed by atoms with Gasteiger partial charge in [-0.2, -0.15) is 5.10 Å². The summed E-state index contributed by atoms with van der Waals surface area (Å²) in [6.45, 7) is 3.99. The first kappa shape index (κ1) is 25.4. The first-order valence-electron chi connectivity index (χ1n) is 12.9. The number of para-hydroxylation sites is 1. The highest BCUT2D eigenvalue weighted by molar-refractivity contribution is 6.00. The highest BCUT2D eigenvalue weighted by atomic mass is 16.2. The number of aromatic nitrogens is 2. The Morgan fingerprint density at radius 3 is 2.42 bits per heavy atom. The van der Waals surface area contributed by atoms with Crippen molar-refractivity contribution in [2.75, 3.05) is 4.90 Å². The zero-order valence-electron chi connectivity index (χ0n) is 21.8. The lowest BCUT2D eigenvalue weighted by Gasteiger charge is -2.28. The Balaban J connectivity index is 1.52. The average molecular weight is 508 g/mol. The van der Waals surface area contributed by atoms with Crippen LogP contribution in [0.15, 0.2) is 85.1 Å². The van der Waals surface area contributed by atoms with Gasteiger partial charge >= 0.3 is 0 Å². The SMILES string of the molecule is CC(C)(N)CC(=O)N[C@@H]1CCc2ccccc2N(Cc2ccccc2-c2ccccc2-c2ccn[nH]2)C1=O. The van der Waals surface area contributed by atoms with Gasteiger partial charge < -0.3 is 16.0 Å². The molecule has 0 aliphatic carbocycles. The minimum absolute atomic E-state index is 0.116. The van der Waals surface area contributed by atoms with Crippen LogP contribution in [0.1, 0.15) is 37.8 Å². The lowest BCUT2D eigenvalue weighted by molar-refractivity contribution is -0.128. The minimum Gasteiger partial charge on any atom is -0.344 e. The van der Waals surface area contributed by atoms with Crippen LogP contribution in [-0.2, 0) is 22.6 Å². The van der Waals surface area contributed by atoms with Crippen molar-refractivity contribution in [2.45, 2.75) is 51.2 Å². The summed E-state index contributed by atoms with van der Waals surface area (Å²) in [7, 11) is 0. The molecule has 1 aromatic heterocycles. The van der Waals surface area contributed by atoms with Crippen LogP contribution in [0.3, 0.4) is 0 Å². The maximum absolute atomic E-state index is 14.0. The van der Waals surface area contributed by atoms with E-state index in [1.165, 1.54) is 0 Å². The number of hydrogen-bond donors (Lipinski definition) is 3. The van der Waals surface area contributed by atoms with Crippen molar-refractivity contribution >= 4 is 17.5 Å².